The highest BCUT2D eigenvalue weighted by atomic mass is 79.9. The Labute approximate surface area is 113 Å². The van der Waals surface area contributed by atoms with Crippen LogP contribution in [-0.4, -0.2) is 38.5 Å². The molecule has 0 bridgehead atoms. The normalized spacial score (nSPS) is 13.6. The lowest BCUT2D eigenvalue weighted by atomic mass is 10.1. The van der Waals surface area contributed by atoms with Gasteiger partial charge in [0.15, 0.2) is 12.4 Å². The number of alkyl halides is 1. The molecule has 1 heterocycles. The fourth-order valence-corrected chi connectivity index (χ4v) is 1.59. The molecule has 7 nitrogen and oxygen atoms in total. The molecule has 0 amide bonds. The fraction of sp³-hybridized carbons (Fsp3) is 0.700. The Kier molecular flexibility index (Phi) is 5.24. The molecule has 8 heteroatoms. The molecule has 1 aromatic heterocycles. The van der Waals surface area contributed by atoms with Crippen LogP contribution in [0.3, 0.4) is 0 Å². The maximum Gasteiger partial charge on any atom is 0.577 e. The minimum Gasteiger partial charge on any atom is -0.387 e. The molecule has 1 unspecified atom stereocenters. The number of aromatic nitrogens is 2. The van der Waals surface area contributed by atoms with Gasteiger partial charge < -0.3 is 20.5 Å². The summed E-state index contributed by atoms with van der Waals surface area (Å²) in [7, 11) is 0. The van der Waals surface area contributed by atoms with E-state index in [9.17, 15) is 15.2 Å². The summed E-state index contributed by atoms with van der Waals surface area (Å²) >= 11 is 3.37. The largest absolute Gasteiger partial charge is 0.577 e. The van der Waals surface area contributed by atoms with Gasteiger partial charge in [-0.3, -0.25) is 0 Å². The van der Waals surface area contributed by atoms with Crippen molar-refractivity contribution in [3.8, 4) is 0 Å². The average molecular weight is 322 g/mol. The van der Waals surface area contributed by atoms with Crippen molar-refractivity contribution in [3.05, 3.63) is 22.5 Å². The smallest absolute Gasteiger partial charge is 0.387 e. The van der Waals surface area contributed by atoms with E-state index in [0.29, 0.717) is 6.54 Å². The van der Waals surface area contributed by atoms with Crippen LogP contribution in [0.15, 0.2) is 12.4 Å². The van der Waals surface area contributed by atoms with Crippen LogP contribution in [0.2, 0.25) is 0 Å². The van der Waals surface area contributed by atoms with Gasteiger partial charge >= 0.3 is 5.95 Å². The van der Waals surface area contributed by atoms with E-state index in [1.54, 1.807) is 0 Å². The molecule has 0 fully saturated rings. The predicted molar refractivity (Wildman–Crippen MR) is 69.5 cm³/mol. The zero-order chi connectivity index (χ0) is 13.8. The maximum absolute atomic E-state index is 10.7. The van der Waals surface area contributed by atoms with Crippen molar-refractivity contribution in [2.75, 3.05) is 11.9 Å². The summed E-state index contributed by atoms with van der Waals surface area (Å²) < 4.78 is 1.38. The second-order valence-electron chi connectivity index (χ2n) is 4.75. The Hall–Kier alpha value is -0.990. The van der Waals surface area contributed by atoms with E-state index < -0.39 is 11.0 Å². The number of nitro groups is 1. The van der Waals surface area contributed by atoms with Crippen molar-refractivity contribution in [3.63, 3.8) is 0 Å². The Balaban J connectivity index is 2.52. The van der Waals surface area contributed by atoms with Crippen LogP contribution < -0.4 is 9.88 Å². The summed E-state index contributed by atoms with van der Waals surface area (Å²) in [6.07, 6.45) is 2.32. The Morgan fingerprint density at radius 3 is 2.94 bits per heavy atom. The van der Waals surface area contributed by atoms with Gasteiger partial charge in [0.1, 0.15) is 12.6 Å². The highest BCUT2D eigenvalue weighted by Gasteiger charge is 2.25. The minimum absolute atomic E-state index is 0.129. The summed E-state index contributed by atoms with van der Waals surface area (Å²) in [5, 5.41) is 24.5. The van der Waals surface area contributed by atoms with E-state index in [-0.39, 0.29) is 18.0 Å². The molecule has 0 aromatic carbocycles. The summed E-state index contributed by atoms with van der Waals surface area (Å²) in [5.41, 5.74) is -0.129. The molecule has 0 saturated heterocycles. The van der Waals surface area contributed by atoms with E-state index in [1.165, 1.54) is 17.0 Å². The molecule has 1 aromatic rings. The predicted octanol–water partition coefficient (Wildman–Crippen LogP) is 0.334. The van der Waals surface area contributed by atoms with Gasteiger partial charge in [0.05, 0.1) is 4.92 Å². The van der Waals surface area contributed by atoms with Crippen LogP contribution in [-0.2, 0) is 6.54 Å². The monoisotopic (exact) mass is 321 g/mol. The number of hydrogen-bond acceptors (Lipinski definition) is 4. The van der Waals surface area contributed by atoms with Crippen LogP contribution in [0, 0.1) is 10.1 Å². The Morgan fingerprint density at radius 1 is 1.72 bits per heavy atom. The van der Waals surface area contributed by atoms with Gasteiger partial charge in [0.2, 0.25) is 0 Å². The first-order valence-corrected chi connectivity index (χ1v) is 6.68. The highest BCUT2D eigenvalue weighted by molar-refractivity contribution is 9.09. The maximum atomic E-state index is 10.7. The van der Waals surface area contributed by atoms with E-state index in [0.717, 1.165) is 5.33 Å². The molecule has 102 valence electrons. The van der Waals surface area contributed by atoms with Gasteiger partial charge in [0.25, 0.3) is 0 Å². The summed E-state index contributed by atoms with van der Waals surface area (Å²) in [6.45, 7) is 4.54. The van der Waals surface area contributed by atoms with Gasteiger partial charge in [-0.15, -0.1) is 4.57 Å². The number of aromatic amines is 1. The Morgan fingerprint density at radius 2 is 2.39 bits per heavy atom. The topological polar surface area (TPSA) is 95.1 Å². The van der Waals surface area contributed by atoms with Crippen molar-refractivity contribution in [2.24, 2.45) is 0 Å². The number of nitrogens with one attached hydrogen (secondary N) is 2. The first-order valence-electron chi connectivity index (χ1n) is 5.56. The summed E-state index contributed by atoms with van der Waals surface area (Å²) in [4.78, 5) is 12.7. The SMILES string of the molecule is CC(C)(CBr)NCC(O)C[n+]1cc[nH]c1[N+](=O)[O-]. The number of aliphatic hydroxyl groups is 1. The number of aliphatic hydroxyl groups excluding tert-OH is 1. The number of halogens is 1. The van der Waals surface area contributed by atoms with Gasteiger partial charge in [-0.25, -0.2) is 0 Å². The van der Waals surface area contributed by atoms with Crippen LogP contribution >= 0.6 is 15.9 Å². The first-order chi connectivity index (χ1) is 8.35. The number of hydrogen-bond donors (Lipinski definition) is 3. The fourth-order valence-electron chi connectivity index (χ4n) is 1.39. The van der Waals surface area contributed by atoms with Crippen molar-refractivity contribution < 1.29 is 14.6 Å². The lowest BCUT2D eigenvalue weighted by Gasteiger charge is -2.24. The third-order valence-corrected chi connectivity index (χ3v) is 3.87. The van der Waals surface area contributed by atoms with Gasteiger partial charge in [-0.2, -0.15) is 4.98 Å². The molecule has 18 heavy (non-hydrogen) atoms. The molecule has 0 aliphatic carbocycles. The molecule has 0 aliphatic rings. The zero-order valence-corrected chi connectivity index (χ0v) is 12.0. The quantitative estimate of drug-likeness (QED) is 0.292. The van der Waals surface area contributed by atoms with Gasteiger partial charge in [0, 0.05) is 17.4 Å². The van der Waals surface area contributed by atoms with E-state index >= 15 is 0 Å². The summed E-state index contributed by atoms with van der Waals surface area (Å²) in [5.74, 6) is -0.131. The highest BCUT2D eigenvalue weighted by Crippen LogP contribution is 2.06. The number of rotatable bonds is 7. The van der Waals surface area contributed by atoms with E-state index in [2.05, 4.69) is 26.2 Å². The molecule has 0 aliphatic heterocycles. The number of nitrogens with zero attached hydrogens (tertiary/aromatic N) is 2. The van der Waals surface area contributed by atoms with Crippen LogP contribution in [0.1, 0.15) is 13.8 Å². The van der Waals surface area contributed by atoms with E-state index in [1.807, 2.05) is 13.8 Å². The molecule has 0 radical (unpaired) electrons. The number of imidazole rings is 1. The minimum atomic E-state index is -0.692. The third-order valence-electron chi connectivity index (χ3n) is 2.47. The van der Waals surface area contributed by atoms with Crippen molar-refractivity contribution in [2.45, 2.75) is 32.0 Å². The molecule has 0 saturated carbocycles. The molecular weight excluding hydrogens is 304 g/mol. The molecule has 3 N–H and O–H groups in total. The number of H-pyrrole nitrogens is 1. The second kappa shape index (κ2) is 6.26. The van der Waals surface area contributed by atoms with E-state index in [4.69, 9.17) is 0 Å². The van der Waals surface area contributed by atoms with Gasteiger partial charge in [-0.05, 0) is 13.8 Å². The Bertz CT molecular complexity index is 408. The second-order valence-corrected chi connectivity index (χ2v) is 5.31. The van der Waals surface area contributed by atoms with Crippen LogP contribution in [0.5, 0.6) is 0 Å². The summed E-state index contributed by atoms with van der Waals surface area (Å²) in [6, 6.07) is 0. The average Bonchev–Trinajstić information content (AvgIpc) is 2.75. The molecule has 1 atom stereocenters. The van der Waals surface area contributed by atoms with Crippen molar-refractivity contribution >= 4 is 21.9 Å². The van der Waals surface area contributed by atoms with Crippen LogP contribution in [0.4, 0.5) is 5.95 Å². The standard InChI is InChI=1S/C10H17BrN4O3/c1-10(2,7-11)13-5-8(16)6-14-4-3-12-9(14)15(17)18/h3-4,8,13,16H,5-7H2,1-2H3/p+1. The van der Waals surface area contributed by atoms with Crippen molar-refractivity contribution in [1.82, 2.24) is 10.3 Å². The first kappa shape index (κ1) is 15.1. The third kappa shape index (κ3) is 4.35. The van der Waals surface area contributed by atoms with Crippen molar-refractivity contribution in [1.29, 1.82) is 0 Å². The van der Waals surface area contributed by atoms with Crippen LogP contribution in [0.25, 0.3) is 0 Å². The molecule has 0 spiro atoms. The number of β-amino-alcohol motifs (C(OH)–C–C–N with tert-alkyl or cyclic N) is 1. The lowest BCUT2D eigenvalue weighted by Crippen LogP contribution is -2.49. The van der Waals surface area contributed by atoms with Gasteiger partial charge in [-0.1, -0.05) is 15.9 Å². The molecule has 1 rings (SSSR count). The lowest BCUT2D eigenvalue weighted by molar-refractivity contribution is -0.740. The zero-order valence-electron chi connectivity index (χ0n) is 10.4. The molecular formula is C10H18BrN4O3+.